The number of urea groups is 1. The van der Waals surface area contributed by atoms with Crippen LogP contribution in [0.5, 0.6) is 5.75 Å². The molecule has 0 saturated heterocycles. The predicted molar refractivity (Wildman–Crippen MR) is 67.1 cm³/mol. The number of phenols is 1. The largest absolute Gasteiger partial charge is 0.508 e. The van der Waals surface area contributed by atoms with E-state index >= 15 is 0 Å². The number of phenolic OH excluding ortho intramolecular Hbond substituents is 1. The highest BCUT2D eigenvalue weighted by Gasteiger charge is 2.15. The minimum atomic E-state index is -0.206. The quantitative estimate of drug-likeness (QED) is 0.753. The lowest BCUT2D eigenvalue weighted by atomic mass is 10.1. The first-order valence-electron chi connectivity index (χ1n) is 6.08. The average molecular weight is 234 g/mol. The van der Waals surface area contributed by atoms with Gasteiger partial charge in [-0.3, -0.25) is 0 Å². The molecule has 1 fully saturated rings. The highest BCUT2D eigenvalue weighted by molar-refractivity contribution is 5.89. The van der Waals surface area contributed by atoms with Crippen molar-refractivity contribution in [2.75, 3.05) is 11.9 Å². The topological polar surface area (TPSA) is 61.4 Å². The van der Waals surface area contributed by atoms with Crippen molar-refractivity contribution in [3.63, 3.8) is 0 Å². The van der Waals surface area contributed by atoms with Crippen LogP contribution in [-0.4, -0.2) is 17.7 Å². The van der Waals surface area contributed by atoms with Crippen LogP contribution in [0, 0.1) is 5.92 Å². The second-order valence-electron chi connectivity index (χ2n) is 4.54. The fourth-order valence-electron chi connectivity index (χ4n) is 2.21. The van der Waals surface area contributed by atoms with Crippen LogP contribution in [-0.2, 0) is 0 Å². The maximum atomic E-state index is 11.6. The van der Waals surface area contributed by atoms with Crippen LogP contribution in [0.15, 0.2) is 24.3 Å². The van der Waals surface area contributed by atoms with Gasteiger partial charge in [0.1, 0.15) is 5.75 Å². The second kappa shape index (κ2) is 5.57. The number of nitrogens with one attached hydrogen (secondary N) is 2. The summed E-state index contributed by atoms with van der Waals surface area (Å²) in [4.78, 5) is 11.6. The lowest BCUT2D eigenvalue weighted by molar-refractivity contribution is 0.250. The molecule has 1 aliphatic carbocycles. The summed E-state index contributed by atoms with van der Waals surface area (Å²) in [7, 11) is 0. The Hall–Kier alpha value is -1.71. The van der Waals surface area contributed by atoms with E-state index in [1.54, 1.807) is 18.2 Å². The van der Waals surface area contributed by atoms with E-state index in [-0.39, 0.29) is 11.8 Å². The molecule has 0 radical (unpaired) electrons. The fraction of sp³-hybridized carbons (Fsp3) is 0.462. The van der Waals surface area contributed by atoms with Crippen LogP contribution in [0.1, 0.15) is 25.7 Å². The number of aromatic hydroxyl groups is 1. The van der Waals surface area contributed by atoms with Gasteiger partial charge in [0.05, 0.1) is 0 Å². The molecule has 3 N–H and O–H groups in total. The number of carbonyl (C=O) groups is 1. The predicted octanol–water partition coefficient (Wildman–Crippen LogP) is 2.70. The summed E-state index contributed by atoms with van der Waals surface area (Å²) in [6, 6.07) is 6.33. The Labute approximate surface area is 101 Å². The average Bonchev–Trinajstić information content (AvgIpc) is 2.79. The summed E-state index contributed by atoms with van der Waals surface area (Å²) < 4.78 is 0. The maximum Gasteiger partial charge on any atom is 0.319 e. The van der Waals surface area contributed by atoms with Crippen molar-refractivity contribution in [1.29, 1.82) is 0 Å². The van der Waals surface area contributed by atoms with Gasteiger partial charge in [-0.1, -0.05) is 18.9 Å². The molecule has 0 atom stereocenters. The van der Waals surface area contributed by atoms with E-state index in [9.17, 15) is 9.90 Å². The Morgan fingerprint density at radius 2 is 2.12 bits per heavy atom. The molecule has 0 bridgehead atoms. The zero-order chi connectivity index (χ0) is 12.1. The Balaban J connectivity index is 1.76. The molecule has 4 heteroatoms. The molecule has 0 unspecified atom stereocenters. The van der Waals surface area contributed by atoms with E-state index in [4.69, 9.17) is 0 Å². The monoisotopic (exact) mass is 234 g/mol. The number of hydrogen-bond acceptors (Lipinski definition) is 2. The molecule has 0 aliphatic heterocycles. The van der Waals surface area contributed by atoms with Crippen molar-refractivity contribution in [1.82, 2.24) is 5.32 Å². The van der Waals surface area contributed by atoms with Gasteiger partial charge in [0.25, 0.3) is 0 Å². The van der Waals surface area contributed by atoms with Gasteiger partial charge in [0.15, 0.2) is 0 Å². The fourth-order valence-corrected chi connectivity index (χ4v) is 2.21. The molecule has 2 rings (SSSR count). The van der Waals surface area contributed by atoms with Crippen molar-refractivity contribution < 1.29 is 9.90 Å². The Kier molecular flexibility index (Phi) is 3.85. The van der Waals surface area contributed by atoms with Crippen LogP contribution < -0.4 is 10.6 Å². The number of amides is 2. The zero-order valence-corrected chi connectivity index (χ0v) is 9.78. The van der Waals surface area contributed by atoms with Crippen LogP contribution >= 0.6 is 0 Å². The lowest BCUT2D eigenvalue weighted by Gasteiger charge is -2.11. The highest BCUT2D eigenvalue weighted by atomic mass is 16.3. The van der Waals surface area contributed by atoms with Gasteiger partial charge in [-0.2, -0.15) is 0 Å². The minimum absolute atomic E-state index is 0.151. The smallest absolute Gasteiger partial charge is 0.319 e. The summed E-state index contributed by atoms with van der Waals surface area (Å²) in [5.41, 5.74) is 0.605. The molecule has 1 saturated carbocycles. The molecule has 4 nitrogen and oxygen atoms in total. The third-order valence-corrected chi connectivity index (χ3v) is 3.13. The molecule has 17 heavy (non-hydrogen) atoms. The van der Waals surface area contributed by atoms with Crippen LogP contribution in [0.25, 0.3) is 0 Å². The summed E-state index contributed by atoms with van der Waals surface area (Å²) in [6.45, 7) is 0.741. The molecule has 0 spiro atoms. The zero-order valence-electron chi connectivity index (χ0n) is 9.78. The van der Waals surface area contributed by atoms with Crippen LogP contribution in [0.3, 0.4) is 0 Å². The van der Waals surface area contributed by atoms with Gasteiger partial charge < -0.3 is 15.7 Å². The van der Waals surface area contributed by atoms with E-state index in [0.717, 1.165) is 6.54 Å². The van der Waals surface area contributed by atoms with Crippen molar-refractivity contribution in [2.45, 2.75) is 25.7 Å². The van der Waals surface area contributed by atoms with Crippen molar-refractivity contribution in [2.24, 2.45) is 5.92 Å². The highest BCUT2D eigenvalue weighted by Crippen LogP contribution is 2.23. The summed E-state index contributed by atoms with van der Waals surface area (Å²) >= 11 is 0. The summed E-state index contributed by atoms with van der Waals surface area (Å²) in [6.07, 6.45) is 4.99. The minimum Gasteiger partial charge on any atom is -0.508 e. The van der Waals surface area contributed by atoms with Gasteiger partial charge in [-0.15, -0.1) is 0 Å². The van der Waals surface area contributed by atoms with E-state index in [2.05, 4.69) is 10.6 Å². The van der Waals surface area contributed by atoms with Gasteiger partial charge in [0.2, 0.25) is 0 Å². The molecule has 92 valence electrons. The Bertz CT molecular complexity index is 387. The molecule has 0 heterocycles. The number of anilines is 1. The molecular weight excluding hydrogens is 216 g/mol. The molecule has 2 amide bonds. The van der Waals surface area contributed by atoms with Crippen LogP contribution in [0.4, 0.5) is 10.5 Å². The maximum absolute atomic E-state index is 11.6. The third kappa shape index (κ3) is 3.66. The second-order valence-corrected chi connectivity index (χ2v) is 4.54. The normalized spacial score (nSPS) is 15.8. The summed E-state index contributed by atoms with van der Waals surface area (Å²) in [5.74, 6) is 0.781. The SMILES string of the molecule is O=C(NCC1CCCC1)Nc1cccc(O)c1. The Morgan fingerprint density at radius 3 is 2.82 bits per heavy atom. The van der Waals surface area contributed by atoms with E-state index in [1.165, 1.54) is 31.7 Å². The van der Waals surface area contributed by atoms with E-state index < -0.39 is 0 Å². The third-order valence-electron chi connectivity index (χ3n) is 3.13. The molecule has 1 aromatic carbocycles. The van der Waals surface area contributed by atoms with Crippen LogP contribution in [0.2, 0.25) is 0 Å². The molecule has 1 aromatic rings. The summed E-state index contributed by atoms with van der Waals surface area (Å²) in [5, 5.41) is 14.8. The first-order chi connectivity index (χ1) is 8.24. The first-order valence-corrected chi connectivity index (χ1v) is 6.08. The van der Waals surface area contributed by atoms with Gasteiger partial charge in [-0.25, -0.2) is 4.79 Å². The number of carbonyl (C=O) groups excluding carboxylic acids is 1. The van der Waals surface area contributed by atoms with Gasteiger partial charge >= 0.3 is 6.03 Å². The number of hydrogen-bond donors (Lipinski definition) is 3. The van der Waals surface area contributed by atoms with Crippen molar-refractivity contribution in [3.05, 3.63) is 24.3 Å². The van der Waals surface area contributed by atoms with E-state index in [1.807, 2.05) is 0 Å². The number of benzene rings is 1. The van der Waals surface area contributed by atoms with E-state index in [0.29, 0.717) is 11.6 Å². The molecule has 0 aromatic heterocycles. The van der Waals surface area contributed by atoms with Crippen molar-refractivity contribution >= 4 is 11.7 Å². The van der Waals surface area contributed by atoms with Gasteiger partial charge in [-0.05, 0) is 30.9 Å². The first kappa shape index (κ1) is 11.8. The molecule has 1 aliphatic rings. The Morgan fingerprint density at radius 1 is 1.35 bits per heavy atom. The number of rotatable bonds is 3. The van der Waals surface area contributed by atoms with Crippen molar-refractivity contribution in [3.8, 4) is 5.75 Å². The lowest BCUT2D eigenvalue weighted by Crippen LogP contribution is -2.32. The standard InChI is InChI=1S/C13H18N2O2/c16-12-7-3-6-11(8-12)15-13(17)14-9-10-4-1-2-5-10/h3,6-8,10,16H,1-2,4-5,9H2,(H2,14,15,17). The van der Waals surface area contributed by atoms with Gasteiger partial charge in [0, 0.05) is 18.3 Å². The molecular formula is C13H18N2O2.